The van der Waals surface area contributed by atoms with Crippen molar-refractivity contribution in [1.82, 2.24) is 19.7 Å². The number of fused-ring (bicyclic) bond motifs is 4. The Morgan fingerprint density at radius 1 is 1.08 bits per heavy atom. The van der Waals surface area contributed by atoms with Crippen LogP contribution in [0.5, 0.6) is 11.5 Å². The number of methoxy groups -OCH3 is 2. The number of urea groups is 1. The number of likely N-dealkylation sites (tertiary alicyclic amines) is 1. The van der Waals surface area contributed by atoms with E-state index < -0.39 is 23.3 Å². The second-order valence-corrected chi connectivity index (χ2v) is 10.3. The van der Waals surface area contributed by atoms with Gasteiger partial charge in [0.05, 0.1) is 14.2 Å². The van der Waals surface area contributed by atoms with Crippen molar-refractivity contribution < 1.29 is 23.9 Å². The van der Waals surface area contributed by atoms with Gasteiger partial charge in [0.2, 0.25) is 11.8 Å². The fraction of sp³-hybridized carbons (Fsp3) is 0.429. The smallest absolute Gasteiger partial charge is 0.331 e. The van der Waals surface area contributed by atoms with Crippen LogP contribution in [0.4, 0.5) is 4.79 Å². The maximum atomic E-state index is 14.0. The number of hydrogen-bond acceptors (Lipinski definition) is 7. The summed E-state index contributed by atoms with van der Waals surface area (Å²) in [6.45, 7) is 5.61. The van der Waals surface area contributed by atoms with Gasteiger partial charge >= 0.3 is 6.03 Å². The zero-order chi connectivity index (χ0) is 27.0. The van der Waals surface area contributed by atoms with E-state index in [-0.39, 0.29) is 36.9 Å². The third-order valence-electron chi connectivity index (χ3n) is 7.90. The minimum atomic E-state index is -1.57. The number of nitrogens with zero attached hydrogens (tertiary/aromatic N) is 3. The topological polar surface area (TPSA) is 110 Å². The summed E-state index contributed by atoms with van der Waals surface area (Å²) >= 11 is 0. The molecule has 3 aliphatic rings. The summed E-state index contributed by atoms with van der Waals surface area (Å²) in [5.74, 6) is 0.202. The predicted molar refractivity (Wildman–Crippen MR) is 139 cm³/mol. The molecule has 10 heteroatoms. The van der Waals surface area contributed by atoms with E-state index in [9.17, 15) is 19.2 Å². The van der Waals surface area contributed by atoms with Gasteiger partial charge in [0, 0.05) is 62.9 Å². The Morgan fingerprint density at radius 2 is 1.89 bits per heavy atom. The highest BCUT2D eigenvalue weighted by Crippen LogP contribution is 2.39. The molecule has 10 nitrogen and oxygen atoms in total. The number of carbonyl (C=O) groups is 3. The molecular formula is C28H32N4O6. The number of piperidine rings is 1. The van der Waals surface area contributed by atoms with Crippen LogP contribution in [-0.4, -0.2) is 72.6 Å². The zero-order valence-electron chi connectivity index (χ0n) is 21.6. The monoisotopic (exact) mass is 520 g/mol. The van der Waals surface area contributed by atoms with Gasteiger partial charge in [-0.05, 0) is 30.0 Å². The summed E-state index contributed by atoms with van der Waals surface area (Å²) < 4.78 is 12.7. The molecule has 0 aliphatic carbocycles. The van der Waals surface area contributed by atoms with Crippen LogP contribution in [0.15, 0.2) is 53.8 Å². The van der Waals surface area contributed by atoms with Crippen LogP contribution in [0.3, 0.4) is 0 Å². The van der Waals surface area contributed by atoms with Crippen molar-refractivity contribution in [3.05, 3.63) is 70.7 Å². The molecule has 4 heterocycles. The van der Waals surface area contributed by atoms with Gasteiger partial charge in [-0.1, -0.05) is 18.2 Å². The van der Waals surface area contributed by atoms with Gasteiger partial charge in [0.15, 0.2) is 0 Å². The lowest BCUT2D eigenvalue weighted by atomic mass is 9.75. The summed E-state index contributed by atoms with van der Waals surface area (Å²) in [6, 6.07) is 9.83. The number of benzene rings is 1. The SMILES string of the molecule is C=CCN1C(=O)NC(=O)C(Cc2ccc(OC)cc2OC)(CN2CC3C[C@H](C2)c2cccc(=O)n2C3)C1=O. The number of hydrogen-bond donors (Lipinski definition) is 1. The van der Waals surface area contributed by atoms with Gasteiger partial charge in [-0.15, -0.1) is 6.58 Å². The second kappa shape index (κ2) is 10.1. The van der Waals surface area contributed by atoms with E-state index in [0.717, 1.165) is 17.0 Å². The summed E-state index contributed by atoms with van der Waals surface area (Å²) in [4.78, 5) is 55.9. The molecule has 2 aromatic rings. The molecule has 200 valence electrons. The van der Waals surface area contributed by atoms with Crippen molar-refractivity contribution in [2.75, 3.05) is 40.4 Å². The van der Waals surface area contributed by atoms with Gasteiger partial charge in [-0.3, -0.25) is 24.6 Å². The van der Waals surface area contributed by atoms with Gasteiger partial charge in [0.25, 0.3) is 5.56 Å². The number of rotatable bonds is 8. The number of aromatic nitrogens is 1. The Morgan fingerprint density at radius 3 is 2.63 bits per heavy atom. The number of amides is 4. The normalized spacial score (nSPS) is 25.0. The fourth-order valence-electron chi connectivity index (χ4n) is 6.21. The van der Waals surface area contributed by atoms with E-state index in [0.29, 0.717) is 36.7 Å². The molecule has 4 amide bonds. The lowest BCUT2D eigenvalue weighted by Gasteiger charge is -2.47. The Labute approximate surface area is 220 Å². The first-order chi connectivity index (χ1) is 18.3. The number of carbonyl (C=O) groups excluding carboxylic acids is 3. The third-order valence-corrected chi connectivity index (χ3v) is 7.90. The minimum Gasteiger partial charge on any atom is -0.497 e. The van der Waals surface area contributed by atoms with Crippen LogP contribution in [-0.2, 0) is 22.6 Å². The van der Waals surface area contributed by atoms with E-state index in [1.54, 1.807) is 37.4 Å². The molecule has 2 fully saturated rings. The molecule has 0 spiro atoms. The largest absolute Gasteiger partial charge is 0.497 e. The first-order valence-corrected chi connectivity index (χ1v) is 12.7. The molecule has 1 aromatic carbocycles. The molecular weight excluding hydrogens is 488 g/mol. The first kappa shape index (κ1) is 25.7. The summed E-state index contributed by atoms with van der Waals surface area (Å²) in [5.41, 5.74) is 0.0565. The lowest BCUT2D eigenvalue weighted by molar-refractivity contribution is -0.153. The second-order valence-electron chi connectivity index (χ2n) is 10.3. The average molecular weight is 521 g/mol. The van der Waals surface area contributed by atoms with E-state index >= 15 is 0 Å². The van der Waals surface area contributed by atoms with Crippen molar-refractivity contribution in [2.45, 2.75) is 25.3 Å². The van der Waals surface area contributed by atoms with Crippen LogP contribution in [0.25, 0.3) is 0 Å². The highest BCUT2D eigenvalue weighted by atomic mass is 16.5. The molecule has 2 unspecified atom stereocenters. The molecule has 3 atom stereocenters. The van der Waals surface area contributed by atoms with Crippen LogP contribution in [0, 0.1) is 11.3 Å². The highest BCUT2D eigenvalue weighted by Gasteiger charge is 2.55. The Kier molecular flexibility index (Phi) is 6.83. The van der Waals surface area contributed by atoms with Gasteiger partial charge < -0.3 is 18.9 Å². The Hall–Kier alpha value is -3.92. The van der Waals surface area contributed by atoms with Crippen LogP contribution < -0.4 is 20.3 Å². The summed E-state index contributed by atoms with van der Waals surface area (Å²) in [6.07, 6.45) is 2.44. The van der Waals surface area contributed by atoms with Crippen molar-refractivity contribution >= 4 is 17.8 Å². The lowest BCUT2D eigenvalue weighted by Crippen LogP contribution is -2.68. The Balaban J connectivity index is 1.52. The Bertz CT molecular complexity index is 1350. The van der Waals surface area contributed by atoms with Crippen molar-refractivity contribution in [3.8, 4) is 11.5 Å². The molecule has 5 rings (SSSR count). The third kappa shape index (κ3) is 4.38. The first-order valence-electron chi connectivity index (χ1n) is 12.7. The molecule has 2 bridgehead atoms. The van der Waals surface area contributed by atoms with E-state index in [4.69, 9.17) is 9.47 Å². The number of ether oxygens (including phenoxy) is 2. The maximum absolute atomic E-state index is 14.0. The van der Waals surface area contributed by atoms with Gasteiger partial charge in [-0.25, -0.2) is 4.79 Å². The van der Waals surface area contributed by atoms with Crippen LogP contribution in [0.2, 0.25) is 0 Å². The molecule has 3 aliphatic heterocycles. The average Bonchev–Trinajstić information content (AvgIpc) is 2.90. The van der Waals surface area contributed by atoms with Gasteiger partial charge in [0.1, 0.15) is 16.9 Å². The fourth-order valence-corrected chi connectivity index (χ4v) is 6.21. The maximum Gasteiger partial charge on any atom is 0.331 e. The van der Waals surface area contributed by atoms with Crippen molar-refractivity contribution in [2.24, 2.45) is 11.3 Å². The van der Waals surface area contributed by atoms with E-state index in [2.05, 4.69) is 16.8 Å². The molecule has 0 saturated carbocycles. The summed E-state index contributed by atoms with van der Waals surface area (Å²) in [5, 5.41) is 2.42. The number of pyridine rings is 1. The van der Waals surface area contributed by atoms with Crippen LogP contribution in [0.1, 0.15) is 23.6 Å². The van der Waals surface area contributed by atoms with Gasteiger partial charge in [-0.2, -0.15) is 0 Å². The standard InChI is InChI=1S/C28H32N4O6/c1-4-10-31-26(35)28(25(34)29-27(31)36,13-19-8-9-21(37-2)12-23(19)38-3)17-30-14-18-11-20(16-30)22-6-5-7-24(33)32(22)15-18/h4-9,12,18,20H,1,10-11,13-17H2,2-3H3,(H,29,34,36)/t18?,20-,28?/m1/s1. The summed E-state index contributed by atoms with van der Waals surface area (Å²) in [7, 11) is 3.07. The number of nitrogens with one attached hydrogen (secondary N) is 1. The predicted octanol–water partition coefficient (Wildman–Crippen LogP) is 1.78. The zero-order valence-corrected chi connectivity index (χ0v) is 21.6. The van der Waals surface area contributed by atoms with E-state index in [1.165, 1.54) is 13.2 Å². The van der Waals surface area contributed by atoms with Crippen LogP contribution >= 0.6 is 0 Å². The number of barbiturate groups is 1. The molecule has 1 N–H and O–H groups in total. The molecule has 0 radical (unpaired) electrons. The highest BCUT2D eigenvalue weighted by molar-refractivity contribution is 6.19. The van der Waals surface area contributed by atoms with Crippen molar-refractivity contribution in [1.29, 1.82) is 0 Å². The quantitative estimate of drug-likeness (QED) is 0.417. The minimum absolute atomic E-state index is 0.00543. The van der Waals surface area contributed by atoms with E-state index in [1.807, 2.05) is 10.6 Å². The molecule has 1 aromatic heterocycles. The molecule has 2 saturated heterocycles. The van der Waals surface area contributed by atoms with Crippen molar-refractivity contribution in [3.63, 3.8) is 0 Å². The molecule has 38 heavy (non-hydrogen) atoms. The number of imide groups is 2.